The maximum Gasteiger partial charge on any atom is 0.0295 e. The molecule has 2 unspecified atom stereocenters. The highest BCUT2D eigenvalue weighted by atomic mass is 79.9. The minimum atomic E-state index is 0.147. The van der Waals surface area contributed by atoms with Gasteiger partial charge in [-0.25, -0.2) is 0 Å². The molecule has 1 saturated carbocycles. The molecule has 0 amide bonds. The Bertz CT molecular complexity index is 837. The molecule has 2 aromatic carbocycles. The molecule has 176 valence electrons. The van der Waals surface area contributed by atoms with Gasteiger partial charge in [0.05, 0.1) is 0 Å². The monoisotopic (exact) mass is 496 g/mol. The van der Waals surface area contributed by atoms with Crippen LogP contribution in [0.3, 0.4) is 0 Å². The zero-order valence-electron chi connectivity index (χ0n) is 22.6. The van der Waals surface area contributed by atoms with Gasteiger partial charge in [0.15, 0.2) is 0 Å². The Morgan fingerprint density at radius 2 is 0.656 bits per heavy atom. The van der Waals surface area contributed by atoms with E-state index in [0.29, 0.717) is 16.7 Å². The Kier molecular flexibility index (Phi) is 6.39. The van der Waals surface area contributed by atoms with Crippen LogP contribution in [0.2, 0.25) is 0 Å². The van der Waals surface area contributed by atoms with E-state index in [2.05, 4.69) is 135 Å². The molecule has 0 heterocycles. The number of alkyl halides is 1. The van der Waals surface area contributed by atoms with E-state index in [1.54, 1.807) is 0 Å². The van der Waals surface area contributed by atoms with Gasteiger partial charge in [0.25, 0.3) is 0 Å². The molecule has 1 aliphatic rings. The van der Waals surface area contributed by atoms with Crippen LogP contribution in [0.25, 0.3) is 0 Å². The van der Waals surface area contributed by atoms with Gasteiger partial charge in [0, 0.05) is 16.7 Å². The lowest BCUT2D eigenvalue weighted by atomic mass is 9.78. The van der Waals surface area contributed by atoms with E-state index in [1.807, 2.05) is 0 Å². The van der Waals surface area contributed by atoms with Crippen LogP contribution in [0.4, 0.5) is 0 Å². The fourth-order valence-electron chi connectivity index (χ4n) is 4.48. The van der Waals surface area contributed by atoms with Gasteiger partial charge in [0.1, 0.15) is 0 Å². The van der Waals surface area contributed by atoms with Crippen LogP contribution in [-0.4, -0.2) is 4.83 Å². The van der Waals surface area contributed by atoms with Gasteiger partial charge in [-0.15, -0.1) is 0 Å². The second-order valence-corrected chi connectivity index (χ2v) is 15.2. The molecule has 3 rings (SSSR count). The highest BCUT2D eigenvalue weighted by molar-refractivity contribution is 9.09. The average molecular weight is 498 g/mol. The van der Waals surface area contributed by atoms with Crippen LogP contribution in [0.5, 0.6) is 0 Å². The van der Waals surface area contributed by atoms with Gasteiger partial charge in [-0.2, -0.15) is 0 Å². The van der Waals surface area contributed by atoms with Gasteiger partial charge in [-0.1, -0.05) is 135 Å². The zero-order chi connectivity index (χ0) is 24.4. The first kappa shape index (κ1) is 25.5. The van der Waals surface area contributed by atoms with Crippen molar-refractivity contribution in [3.05, 3.63) is 69.8 Å². The number of rotatable bonds is 2. The van der Waals surface area contributed by atoms with Crippen molar-refractivity contribution in [3.8, 4) is 0 Å². The summed E-state index contributed by atoms with van der Waals surface area (Å²) in [5.74, 6) is 1.06. The quantitative estimate of drug-likeness (QED) is 0.363. The van der Waals surface area contributed by atoms with E-state index < -0.39 is 0 Å². The second-order valence-electron chi connectivity index (χ2n) is 14.2. The van der Waals surface area contributed by atoms with Crippen LogP contribution in [0, 0.1) is 0 Å². The van der Waals surface area contributed by atoms with E-state index in [4.69, 9.17) is 0 Å². The lowest BCUT2D eigenvalue weighted by Gasteiger charge is -2.27. The number of halogens is 1. The number of benzene rings is 2. The predicted molar refractivity (Wildman–Crippen MR) is 146 cm³/mol. The maximum absolute atomic E-state index is 4.09. The first-order valence-electron chi connectivity index (χ1n) is 12.3. The highest BCUT2D eigenvalue weighted by Gasteiger charge is 2.51. The summed E-state index contributed by atoms with van der Waals surface area (Å²) in [4.78, 5) is 0.494. The summed E-state index contributed by atoms with van der Waals surface area (Å²) in [5, 5.41) is 0. The molecule has 2 aromatic rings. The molecule has 0 nitrogen and oxygen atoms in total. The molecule has 0 saturated heterocycles. The molecule has 0 spiro atoms. The fourth-order valence-corrected chi connectivity index (χ4v) is 5.57. The van der Waals surface area contributed by atoms with Crippen molar-refractivity contribution in [2.45, 2.75) is 121 Å². The Labute approximate surface area is 206 Å². The van der Waals surface area contributed by atoms with Crippen molar-refractivity contribution in [3.63, 3.8) is 0 Å². The third kappa shape index (κ3) is 5.35. The van der Waals surface area contributed by atoms with Crippen molar-refractivity contribution in [1.29, 1.82) is 0 Å². The average Bonchev–Trinajstić information content (AvgIpc) is 3.29. The summed E-state index contributed by atoms with van der Waals surface area (Å²) in [5.41, 5.74) is 9.37. The zero-order valence-corrected chi connectivity index (χ0v) is 24.2. The minimum absolute atomic E-state index is 0.147. The van der Waals surface area contributed by atoms with Crippen molar-refractivity contribution < 1.29 is 0 Å². The molecule has 32 heavy (non-hydrogen) atoms. The van der Waals surface area contributed by atoms with Crippen molar-refractivity contribution in [2.24, 2.45) is 0 Å². The lowest BCUT2D eigenvalue weighted by Crippen LogP contribution is -2.17. The van der Waals surface area contributed by atoms with E-state index in [1.165, 1.54) is 33.4 Å². The first-order chi connectivity index (χ1) is 14.3. The molecule has 1 aliphatic carbocycles. The van der Waals surface area contributed by atoms with Crippen LogP contribution < -0.4 is 0 Å². The lowest BCUT2D eigenvalue weighted by molar-refractivity contribution is 0.565. The van der Waals surface area contributed by atoms with Crippen LogP contribution in [-0.2, 0) is 21.7 Å². The Morgan fingerprint density at radius 1 is 0.438 bits per heavy atom. The third-order valence-corrected chi connectivity index (χ3v) is 8.22. The molecule has 0 aromatic heterocycles. The summed E-state index contributed by atoms with van der Waals surface area (Å²) < 4.78 is 0. The van der Waals surface area contributed by atoms with Gasteiger partial charge < -0.3 is 0 Å². The molecular formula is C31H45Br. The molecular weight excluding hydrogens is 452 g/mol. The summed E-state index contributed by atoms with van der Waals surface area (Å²) in [6.07, 6.45) is 0. The van der Waals surface area contributed by atoms with Crippen LogP contribution in [0.15, 0.2) is 36.4 Å². The van der Waals surface area contributed by atoms with E-state index >= 15 is 0 Å². The SMILES string of the molecule is CC(C)(C)c1cc(C2C(Br)C2c2cc(C(C)(C)C)cc(C(C)(C)C)c2)cc(C(C)(C)C)c1. The Hall–Kier alpha value is -1.08. The summed E-state index contributed by atoms with van der Waals surface area (Å²) in [6.45, 7) is 28.0. The summed E-state index contributed by atoms with van der Waals surface area (Å²) in [6, 6.07) is 14.8. The largest absolute Gasteiger partial charge is 0.0877 e. The second kappa shape index (κ2) is 8.00. The Balaban J connectivity index is 2.10. The molecule has 0 aliphatic heterocycles. The van der Waals surface area contributed by atoms with Crippen molar-refractivity contribution >= 4 is 15.9 Å². The molecule has 1 heteroatoms. The highest BCUT2D eigenvalue weighted by Crippen LogP contribution is 2.60. The summed E-state index contributed by atoms with van der Waals surface area (Å²) >= 11 is 4.09. The van der Waals surface area contributed by atoms with E-state index in [9.17, 15) is 0 Å². The molecule has 0 radical (unpaired) electrons. The number of hydrogen-bond acceptors (Lipinski definition) is 0. The maximum atomic E-state index is 4.09. The smallest absolute Gasteiger partial charge is 0.0295 e. The van der Waals surface area contributed by atoms with Gasteiger partial charge in [-0.05, 0) is 55.0 Å². The first-order valence-corrected chi connectivity index (χ1v) is 13.2. The topological polar surface area (TPSA) is 0 Å². The Morgan fingerprint density at radius 3 is 0.844 bits per heavy atom. The molecule has 0 N–H and O–H groups in total. The number of hydrogen-bond donors (Lipinski definition) is 0. The van der Waals surface area contributed by atoms with E-state index in [-0.39, 0.29) is 21.7 Å². The predicted octanol–water partition coefficient (Wildman–Crippen LogP) is 9.52. The summed E-state index contributed by atoms with van der Waals surface area (Å²) in [7, 11) is 0. The molecule has 2 atom stereocenters. The van der Waals surface area contributed by atoms with E-state index in [0.717, 1.165) is 0 Å². The standard InChI is InChI=1S/C31H45Br/c1-28(2,3)21-13-19(14-22(17-21)29(4,5)6)25-26(27(25)32)20-15-23(30(7,8)9)18-24(16-20)31(10,11)12/h13-18,25-27H,1-12H3. The van der Waals surface area contributed by atoms with Crippen molar-refractivity contribution in [2.75, 3.05) is 0 Å². The van der Waals surface area contributed by atoms with Crippen LogP contribution in [0.1, 0.15) is 128 Å². The normalized spacial score (nSPS) is 22.2. The van der Waals surface area contributed by atoms with Gasteiger partial charge in [0.2, 0.25) is 0 Å². The van der Waals surface area contributed by atoms with Gasteiger partial charge >= 0.3 is 0 Å². The fraction of sp³-hybridized carbons (Fsp3) is 0.613. The molecule has 0 bridgehead atoms. The third-order valence-electron chi connectivity index (χ3n) is 7.08. The molecule has 1 fully saturated rings. The van der Waals surface area contributed by atoms with Gasteiger partial charge in [-0.3, -0.25) is 0 Å². The van der Waals surface area contributed by atoms with Crippen LogP contribution >= 0.6 is 15.9 Å². The van der Waals surface area contributed by atoms with Crippen molar-refractivity contribution in [1.82, 2.24) is 0 Å². The minimum Gasteiger partial charge on any atom is -0.0877 e.